The van der Waals surface area contributed by atoms with Crippen molar-refractivity contribution >= 4 is 16.6 Å². The maximum Gasteiger partial charge on any atom is 0.213 e. The molecule has 0 radical (unpaired) electrons. The molecule has 0 saturated carbocycles. The van der Waals surface area contributed by atoms with Gasteiger partial charge in [-0.25, -0.2) is 0 Å². The molecule has 0 bridgehead atoms. The van der Waals surface area contributed by atoms with Crippen molar-refractivity contribution in [2.75, 3.05) is 0 Å². The van der Waals surface area contributed by atoms with E-state index in [1.165, 1.54) is 5.56 Å². The molecule has 1 unspecified atom stereocenters. The van der Waals surface area contributed by atoms with Crippen LogP contribution in [0.4, 0.5) is 0 Å². The maximum atomic E-state index is 10.5. The summed E-state index contributed by atoms with van der Waals surface area (Å²) in [5, 5.41) is 10.4. The molecule has 1 fully saturated rings. The molecular formula is C29H44O4Si2. The molecule has 1 N–H and O–H groups in total. The lowest BCUT2D eigenvalue weighted by Gasteiger charge is -2.52. The molecule has 6 heteroatoms. The van der Waals surface area contributed by atoms with E-state index in [-0.39, 0.29) is 33.8 Å². The van der Waals surface area contributed by atoms with Gasteiger partial charge in [0.15, 0.2) is 8.32 Å². The first-order valence-electron chi connectivity index (χ1n) is 13.0. The Balaban J connectivity index is 2.04. The molecule has 0 aliphatic carbocycles. The summed E-state index contributed by atoms with van der Waals surface area (Å²) in [6, 6.07) is 17.0. The fourth-order valence-corrected chi connectivity index (χ4v) is 14.1. The highest BCUT2D eigenvalue weighted by Gasteiger charge is 2.67. The Hall–Kier alpha value is -1.61. The van der Waals surface area contributed by atoms with Crippen molar-refractivity contribution in [1.29, 1.82) is 0 Å². The van der Waals surface area contributed by atoms with Gasteiger partial charge in [0.1, 0.15) is 11.5 Å². The Morgan fingerprint density at radius 1 is 0.971 bits per heavy atom. The summed E-state index contributed by atoms with van der Waals surface area (Å²) in [6.07, 6.45) is -0.162. The smallest absolute Gasteiger partial charge is 0.213 e. The number of hydrogen-bond acceptors (Lipinski definition) is 4. The van der Waals surface area contributed by atoms with Gasteiger partial charge >= 0.3 is 0 Å². The third kappa shape index (κ3) is 4.41. The maximum absolute atomic E-state index is 10.5. The van der Waals surface area contributed by atoms with E-state index >= 15 is 0 Å². The third-order valence-electron chi connectivity index (χ3n) is 8.05. The highest BCUT2D eigenvalue weighted by molar-refractivity contribution is 6.79. The van der Waals surface area contributed by atoms with Crippen LogP contribution in [-0.2, 0) is 8.85 Å². The number of hydrogen-bond donors (Lipinski definition) is 1. The highest BCUT2D eigenvalue weighted by Crippen LogP contribution is 2.66. The van der Waals surface area contributed by atoms with Gasteiger partial charge in [-0.15, -0.1) is 0 Å². The van der Waals surface area contributed by atoms with E-state index in [2.05, 4.69) is 98.4 Å². The van der Waals surface area contributed by atoms with Crippen molar-refractivity contribution < 1.29 is 18.7 Å². The topological polar surface area (TPSA) is 47.9 Å². The van der Waals surface area contributed by atoms with Crippen LogP contribution in [0.3, 0.4) is 0 Å². The Bertz CT molecular complexity index is 1050. The lowest BCUT2D eigenvalue weighted by atomic mass is 9.81. The van der Waals surface area contributed by atoms with Gasteiger partial charge in [0.2, 0.25) is 14.1 Å². The summed E-state index contributed by atoms with van der Waals surface area (Å²) in [5.74, 6) is 0.164. The first-order chi connectivity index (χ1) is 16.0. The van der Waals surface area contributed by atoms with Crippen LogP contribution in [0.5, 0.6) is 11.5 Å². The minimum absolute atomic E-state index is 0.0230. The summed E-state index contributed by atoms with van der Waals surface area (Å²) in [7, 11) is -4.60. The molecule has 4 rings (SSSR count). The minimum atomic E-state index is -2.54. The number of rotatable bonds is 3. The number of phenolic OH excluding ortho intramolecular Hbond substituents is 1. The van der Waals surface area contributed by atoms with Crippen LogP contribution in [0, 0.1) is 5.92 Å². The summed E-state index contributed by atoms with van der Waals surface area (Å²) in [4.78, 5) is 0. The fraction of sp³-hybridized carbons (Fsp3) is 0.586. The average Bonchev–Trinajstić information content (AvgIpc) is 2.94. The normalized spacial score (nSPS) is 28.6. The number of ether oxygens (including phenoxy) is 1. The zero-order valence-corrected chi connectivity index (χ0v) is 25.2. The number of benzene rings is 2. The quantitative estimate of drug-likeness (QED) is 0.420. The predicted molar refractivity (Wildman–Crippen MR) is 148 cm³/mol. The van der Waals surface area contributed by atoms with Gasteiger partial charge in [-0.1, -0.05) is 78.8 Å². The van der Waals surface area contributed by atoms with E-state index in [0.717, 1.165) is 17.4 Å². The Labute approximate surface area is 214 Å². The second kappa shape index (κ2) is 8.47. The summed E-state index contributed by atoms with van der Waals surface area (Å²) in [5.41, 5.74) is 2.23. The molecule has 4 nitrogen and oxygen atoms in total. The number of phenols is 1. The van der Waals surface area contributed by atoms with E-state index < -0.39 is 22.4 Å². The van der Waals surface area contributed by atoms with Crippen molar-refractivity contribution in [3.05, 3.63) is 59.7 Å². The molecule has 2 aliphatic rings. The molecule has 1 saturated heterocycles. The fourth-order valence-electron chi connectivity index (χ4n) is 6.64. The summed E-state index contributed by atoms with van der Waals surface area (Å²) < 4.78 is 21.7. The molecule has 0 aromatic heterocycles. The second-order valence-corrected chi connectivity index (χ2v) is 23.3. The van der Waals surface area contributed by atoms with Gasteiger partial charge in [-0.2, -0.15) is 0 Å². The van der Waals surface area contributed by atoms with Crippen LogP contribution >= 0.6 is 0 Å². The summed E-state index contributed by atoms with van der Waals surface area (Å²) >= 11 is 0. The Kier molecular flexibility index (Phi) is 6.40. The van der Waals surface area contributed by atoms with Gasteiger partial charge in [0.25, 0.3) is 0 Å². The van der Waals surface area contributed by atoms with Crippen LogP contribution < -0.4 is 4.74 Å². The zero-order valence-electron chi connectivity index (χ0n) is 23.2. The van der Waals surface area contributed by atoms with Gasteiger partial charge in [-0.05, 0) is 59.5 Å². The van der Waals surface area contributed by atoms with Gasteiger partial charge in [0, 0.05) is 5.56 Å². The SMILES string of the molecule is C[C@@H]1[C@@H](c2ccccc2)O[Si](C(C)(C)C)(C(C)(C)C)C[C@@H]2c3cc(O)ccc3OC21O[Si](C)(C)C. The van der Waals surface area contributed by atoms with E-state index in [1.807, 2.05) is 12.1 Å². The average molecular weight is 513 g/mol. The standard InChI is InChI=1S/C29H44O4Si2/c1-20-26(21-14-12-11-13-15-21)32-35(27(2,3)4,28(5,6)7)19-24-23-18-22(30)16-17-25(23)31-29(20,24)33-34(8,9)10/h11-18,20,24,26,30H,19H2,1-10H3/t20-,24-,26+,29?/m1/s1. The van der Waals surface area contributed by atoms with Crippen LogP contribution in [0.2, 0.25) is 35.8 Å². The minimum Gasteiger partial charge on any atom is -0.508 e. The number of fused-ring (bicyclic) bond motifs is 3. The molecule has 4 atom stereocenters. The Morgan fingerprint density at radius 2 is 1.57 bits per heavy atom. The molecule has 35 heavy (non-hydrogen) atoms. The largest absolute Gasteiger partial charge is 0.508 e. The van der Waals surface area contributed by atoms with Crippen molar-refractivity contribution in [2.45, 2.75) is 102 Å². The van der Waals surface area contributed by atoms with Crippen LogP contribution in [-0.4, -0.2) is 27.5 Å². The molecule has 192 valence electrons. The predicted octanol–water partition coefficient (Wildman–Crippen LogP) is 8.37. The van der Waals surface area contributed by atoms with E-state index in [0.29, 0.717) is 0 Å². The monoisotopic (exact) mass is 512 g/mol. The van der Waals surface area contributed by atoms with Gasteiger partial charge < -0.3 is 18.7 Å². The van der Waals surface area contributed by atoms with E-state index in [4.69, 9.17) is 13.6 Å². The first-order valence-corrected chi connectivity index (χ1v) is 18.5. The van der Waals surface area contributed by atoms with Crippen LogP contribution in [0.25, 0.3) is 0 Å². The van der Waals surface area contributed by atoms with Crippen molar-refractivity contribution in [3.63, 3.8) is 0 Å². The molecule has 2 aromatic carbocycles. The van der Waals surface area contributed by atoms with Gasteiger partial charge in [0.05, 0.1) is 17.9 Å². The van der Waals surface area contributed by atoms with E-state index in [1.54, 1.807) is 6.07 Å². The Morgan fingerprint density at radius 3 is 2.11 bits per heavy atom. The van der Waals surface area contributed by atoms with Crippen molar-refractivity contribution in [2.24, 2.45) is 5.92 Å². The zero-order chi connectivity index (χ0) is 26.0. The van der Waals surface area contributed by atoms with Crippen LogP contribution in [0.15, 0.2) is 48.5 Å². The van der Waals surface area contributed by atoms with Crippen molar-refractivity contribution in [3.8, 4) is 11.5 Å². The molecule has 2 aromatic rings. The molecule has 0 amide bonds. The molecular weight excluding hydrogens is 468 g/mol. The second-order valence-electron chi connectivity index (χ2n) is 13.6. The number of aromatic hydroxyl groups is 1. The first kappa shape index (κ1) is 26.5. The van der Waals surface area contributed by atoms with Gasteiger partial charge in [-0.3, -0.25) is 0 Å². The lowest BCUT2D eigenvalue weighted by Crippen LogP contribution is -2.56. The van der Waals surface area contributed by atoms with Crippen LogP contribution in [0.1, 0.15) is 71.6 Å². The van der Waals surface area contributed by atoms with E-state index in [9.17, 15) is 5.11 Å². The lowest BCUT2D eigenvalue weighted by molar-refractivity contribution is -0.175. The highest BCUT2D eigenvalue weighted by atomic mass is 28.4. The molecule has 2 heterocycles. The molecule has 2 aliphatic heterocycles. The molecule has 0 spiro atoms. The summed E-state index contributed by atoms with van der Waals surface area (Å²) in [6.45, 7) is 23.0. The third-order valence-corrected chi connectivity index (χ3v) is 15.5. The van der Waals surface area contributed by atoms with Crippen molar-refractivity contribution in [1.82, 2.24) is 0 Å².